The van der Waals surface area contributed by atoms with Crippen LogP contribution in [-0.2, 0) is 31.8 Å². The van der Waals surface area contributed by atoms with Crippen molar-refractivity contribution in [2.24, 2.45) is 0 Å². The molecule has 0 radical (unpaired) electrons. The van der Waals surface area contributed by atoms with Gasteiger partial charge in [0.15, 0.2) is 20.8 Å². The van der Waals surface area contributed by atoms with E-state index in [1.54, 1.807) is 24.3 Å². The van der Waals surface area contributed by atoms with Gasteiger partial charge < -0.3 is 4.74 Å². The van der Waals surface area contributed by atoms with Crippen molar-refractivity contribution >= 4 is 21.0 Å². The topological polar surface area (TPSA) is 63.6 Å². The van der Waals surface area contributed by atoms with Crippen molar-refractivity contribution in [3.63, 3.8) is 0 Å². The van der Waals surface area contributed by atoms with Crippen LogP contribution in [-0.4, -0.2) is 24.3 Å². The minimum atomic E-state index is -5.60. The molecule has 0 aromatic heterocycles. The van der Waals surface area contributed by atoms with E-state index in [4.69, 9.17) is 9.29 Å². The average Bonchev–Trinajstić information content (AvgIpc) is 2.79. The Balaban J connectivity index is 1.99. The van der Waals surface area contributed by atoms with Gasteiger partial charge in [-0.15, -0.1) is 0 Å². The first-order chi connectivity index (χ1) is 16.9. The lowest BCUT2D eigenvalue weighted by atomic mass is 9.87. The van der Waals surface area contributed by atoms with Gasteiger partial charge in [0.25, 0.3) is 0 Å². The van der Waals surface area contributed by atoms with Gasteiger partial charge in [-0.2, -0.15) is 17.2 Å². The molecule has 0 saturated carbocycles. The number of alkyl halides is 2. The summed E-state index contributed by atoms with van der Waals surface area (Å²) in [5.41, 5.74) is 2.48. The van der Waals surface area contributed by atoms with E-state index in [2.05, 4.69) is 90.1 Å². The standard InChI is InChI=1S/C29H34F2O4S2/c1-20(29(30,31)37(32,33)34)35-23-12-18-26(19-13-23)36(24-14-8-21(9-15-24)27(2,3)4)25-16-10-22(11-17-25)28(5,6)7/h8-20H,1-7H3/p+1. The van der Waals surface area contributed by atoms with Crippen LogP contribution in [0, 0.1) is 0 Å². The molecule has 1 N–H and O–H groups in total. The molecular weight excluding hydrogens is 514 g/mol. The zero-order valence-corrected chi connectivity index (χ0v) is 23.9. The van der Waals surface area contributed by atoms with E-state index in [9.17, 15) is 17.2 Å². The van der Waals surface area contributed by atoms with Crippen LogP contribution in [0.4, 0.5) is 8.78 Å². The van der Waals surface area contributed by atoms with Gasteiger partial charge in [-0.1, -0.05) is 65.8 Å². The number of halogens is 2. The fourth-order valence-electron chi connectivity index (χ4n) is 3.73. The van der Waals surface area contributed by atoms with Crippen LogP contribution in [0.2, 0.25) is 0 Å². The second-order valence-electron chi connectivity index (χ2n) is 11.1. The molecule has 0 amide bonds. The van der Waals surface area contributed by atoms with Crippen molar-refractivity contribution in [1.82, 2.24) is 0 Å². The highest BCUT2D eigenvalue weighted by Gasteiger charge is 2.51. The molecule has 200 valence electrons. The molecule has 3 rings (SSSR count). The van der Waals surface area contributed by atoms with Gasteiger partial charge in [0.1, 0.15) is 5.75 Å². The lowest BCUT2D eigenvalue weighted by molar-refractivity contribution is -0.0236. The van der Waals surface area contributed by atoms with E-state index < -0.39 is 32.4 Å². The molecule has 1 atom stereocenters. The third-order valence-corrected chi connectivity index (χ3v) is 9.35. The van der Waals surface area contributed by atoms with Crippen LogP contribution in [0.5, 0.6) is 5.75 Å². The fraction of sp³-hybridized carbons (Fsp3) is 0.379. The van der Waals surface area contributed by atoms with Crippen LogP contribution < -0.4 is 4.74 Å². The summed E-state index contributed by atoms with van der Waals surface area (Å²) in [6.45, 7) is 13.9. The van der Waals surface area contributed by atoms with Crippen LogP contribution in [0.15, 0.2) is 87.5 Å². The molecule has 0 heterocycles. The predicted octanol–water partition coefficient (Wildman–Crippen LogP) is 7.62. The molecule has 3 aromatic rings. The summed E-state index contributed by atoms with van der Waals surface area (Å²) in [6, 6.07) is 23.7. The average molecular weight is 550 g/mol. The highest BCUT2D eigenvalue weighted by atomic mass is 32.2. The number of ether oxygens (including phenoxy) is 1. The minimum absolute atomic E-state index is 0.0191. The van der Waals surface area contributed by atoms with Gasteiger partial charge in [-0.05, 0) is 77.4 Å². The van der Waals surface area contributed by atoms with E-state index in [0.717, 1.165) is 21.6 Å². The molecule has 0 aliphatic rings. The van der Waals surface area contributed by atoms with E-state index in [1.165, 1.54) is 11.1 Å². The van der Waals surface area contributed by atoms with E-state index in [0.29, 0.717) is 0 Å². The summed E-state index contributed by atoms with van der Waals surface area (Å²) in [5.74, 6) is 0.0780. The number of benzene rings is 3. The molecule has 0 fully saturated rings. The van der Waals surface area contributed by atoms with Crippen molar-refractivity contribution in [3.8, 4) is 5.75 Å². The van der Waals surface area contributed by atoms with Crippen LogP contribution >= 0.6 is 0 Å². The maximum absolute atomic E-state index is 13.9. The smallest absolute Gasteiger partial charge is 0.405 e. The number of rotatable bonds is 7. The molecule has 37 heavy (non-hydrogen) atoms. The minimum Gasteiger partial charge on any atom is -0.483 e. The normalized spacial score (nSPS) is 14.0. The summed E-state index contributed by atoms with van der Waals surface area (Å²) in [6.07, 6.45) is -2.07. The molecule has 0 aliphatic carbocycles. The summed E-state index contributed by atoms with van der Waals surface area (Å²) in [4.78, 5) is 3.17. The molecule has 4 nitrogen and oxygen atoms in total. The Morgan fingerprint density at radius 2 is 1.03 bits per heavy atom. The quantitative estimate of drug-likeness (QED) is 0.243. The molecule has 0 bridgehead atoms. The second-order valence-corrected chi connectivity index (χ2v) is 14.6. The Hall–Kier alpha value is -2.42. The Labute approximate surface area is 222 Å². The van der Waals surface area contributed by atoms with Crippen molar-refractivity contribution in [1.29, 1.82) is 0 Å². The highest BCUT2D eigenvalue weighted by Crippen LogP contribution is 2.36. The second kappa shape index (κ2) is 10.4. The van der Waals surface area contributed by atoms with Gasteiger partial charge in [0, 0.05) is 0 Å². The molecule has 1 unspecified atom stereocenters. The van der Waals surface area contributed by atoms with Crippen molar-refractivity contribution < 1.29 is 26.5 Å². The molecule has 8 heteroatoms. The maximum Gasteiger partial charge on any atom is 0.405 e. The molecule has 3 aromatic carbocycles. The first-order valence-electron chi connectivity index (χ1n) is 12.0. The Bertz CT molecular complexity index is 1250. The largest absolute Gasteiger partial charge is 0.483 e. The lowest BCUT2D eigenvalue weighted by Crippen LogP contribution is -2.42. The Kier molecular flexibility index (Phi) is 8.18. The van der Waals surface area contributed by atoms with Crippen molar-refractivity contribution in [2.75, 3.05) is 0 Å². The number of hydrogen-bond acceptors (Lipinski definition) is 3. The highest BCUT2D eigenvalue weighted by molar-refractivity contribution is 7.97. The van der Waals surface area contributed by atoms with Gasteiger partial charge in [-0.25, -0.2) is 0 Å². The SMILES string of the molecule is CC(Oc1ccc([S+](c2ccc(C(C)(C)C)cc2)c2ccc(C(C)(C)C)cc2)cc1)C(F)(F)S(=O)(=O)O. The van der Waals surface area contributed by atoms with Gasteiger partial charge in [0.2, 0.25) is 0 Å². The molecule has 0 spiro atoms. The molecule has 0 aliphatic heterocycles. The lowest BCUT2D eigenvalue weighted by Gasteiger charge is -2.22. The summed E-state index contributed by atoms with van der Waals surface area (Å²) < 4.78 is 64.0. The third kappa shape index (κ3) is 6.72. The summed E-state index contributed by atoms with van der Waals surface area (Å²) in [7, 11) is -6.08. The zero-order valence-electron chi connectivity index (χ0n) is 22.2. The first-order valence-corrected chi connectivity index (χ1v) is 14.6. The summed E-state index contributed by atoms with van der Waals surface area (Å²) >= 11 is 0. The van der Waals surface area contributed by atoms with Crippen LogP contribution in [0.25, 0.3) is 0 Å². The maximum atomic E-state index is 13.9. The monoisotopic (exact) mass is 549 g/mol. The zero-order chi connectivity index (χ0) is 27.8. The first kappa shape index (κ1) is 29.1. The van der Waals surface area contributed by atoms with E-state index in [-0.39, 0.29) is 16.6 Å². The molecular formula is C29H35F2O4S2+. The van der Waals surface area contributed by atoms with Crippen LogP contribution in [0.1, 0.15) is 59.6 Å². The Morgan fingerprint density at radius 3 is 1.32 bits per heavy atom. The fourth-order valence-corrected chi connectivity index (χ4v) is 6.24. The summed E-state index contributed by atoms with van der Waals surface area (Å²) in [5, 5.41) is -4.43. The van der Waals surface area contributed by atoms with E-state index >= 15 is 0 Å². The van der Waals surface area contributed by atoms with Crippen molar-refractivity contribution in [2.45, 2.75) is 85.3 Å². The van der Waals surface area contributed by atoms with E-state index in [1.807, 2.05) is 0 Å². The van der Waals surface area contributed by atoms with Gasteiger partial charge in [0.05, 0.1) is 10.9 Å². The van der Waals surface area contributed by atoms with Crippen molar-refractivity contribution in [3.05, 3.63) is 83.9 Å². The van der Waals surface area contributed by atoms with Gasteiger partial charge in [-0.3, -0.25) is 4.55 Å². The predicted molar refractivity (Wildman–Crippen MR) is 145 cm³/mol. The van der Waals surface area contributed by atoms with Crippen LogP contribution in [0.3, 0.4) is 0 Å². The number of hydrogen-bond donors (Lipinski definition) is 1. The third-order valence-electron chi connectivity index (χ3n) is 6.10. The Morgan fingerprint density at radius 1 is 0.703 bits per heavy atom. The molecule has 0 saturated heterocycles. The van der Waals surface area contributed by atoms with Gasteiger partial charge >= 0.3 is 15.4 Å².